The maximum absolute atomic E-state index is 10.4. The number of carbonyl (C=O) groups excluding carboxylic acids is 3. The summed E-state index contributed by atoms with van der Waals surface area (Å²) >= 11 is 0. The van der Waals surface area contributed by atoms with Crippen LogP contribution in [0.15, 0.2) is 0 Å². The molecule has 0 aromatic carbocycles. The van der Waals surface area contributed by atoms with Gasteiger partial charge in [-0.1, -0.05) is 0 Å². The van der Waals surface area contributed by atoms with Crippen molar-refractivity contribution in [3.05, 3.63) is 0 Å². The molecule has 0 saturated carbocycles. The summed E-state index contributed by atoms with van der Waals surface area (Å²) < 4.78 is 0. The van der Waals surface area contributed by atoms with Gasteiger partial charge in [0.25, 0.3) is 0 Å². The number of aliphatic carboxylic acids is 3. The van der Waals surface area contributed by atoms with Crippen molar-refractivity contribution in [2.24, 2.45) is 0 Å². The molecule has 6 N–H and O–H groups in total. The largest absolute Gasteiger partial charge is 0.480 e. The molecule has 3 aliphatic rings. The van der Waals surface area contributed by atoms with Crippen molar-refractivity contribution < 1.29 is 82.7 Å². The van der Waals surface area contributed by atoms with Crippen LogP contribution in [-0.2, 0) is 28.8 Å². The first-order valence-corrected chi connectivity index (χ1v) is 8.16. The quantitative estimate of drug-likeness (QED) is 0.233. The summed E-state index contributed by atoms with van der Waals surface area (Å²) in [7, 11) is 0. The average Bonchev–Trinajstić information content (AvgIpc) is 3.30. The van der Waals surface area contributed by atoms with Crippen LogP contribution in [0.3, 0.4) is 0 Å². The molecule has 0 unspecified atom stereocenters. The van der Waals surface area contributed by atoms with Gasteiger partial charge in [0, 0.05) is 57.9 Å². The standard InChI is InChI=1S/3C5H7NO3.Tb/c3*7-4-2-1-3(6-4)5(8)9;/h3*3H,1-2H2,(H,6,7)(H,8,9);/t3*3-;/m000./s1. The van der Waals surface area contributed by atoms with Crippen molar-refractivity contribution in [1.29, 1.82) is 0 Å². The smallest absolute Gasteiger partial charge is 0.326 e. The van der Waals surface area contributed by atoms with Gasteiger partial charge < -0.3 is 31.3 Å². The second-order valence-corrected chi connectivity index (χ2v) is 5.99. The number of rotatable bonds is 3. The van der Waals surface area contributed by atoms with Gasteiger partial charge in [0.15, 0.2) is 0 Å². The molecule has 0 spiro atoms. The fourth-order valence-corrected chi connectivity index (χ4v) is 2.40. The van der Waals surface area contributed by atoms with E-state index < -0.39 is 36.0 Å². The number of carboxylic acid groups (broad SMARTS) is 3. The van der Waals surface area contributed by atoms with Crippen LogP contribution < -0.4 is 16.0 Å². The normalized spacial score (nSPS) is 24.9. The first-order valence-electron chi connectivity index (χ1n) is 8.16. The Bertz CT molecular complexity index is 555. The third-order valence-electron chi connectivity index (χ3n) is 3.88. The molecular formula is C15H21N3O9Tb. The molecular weight excluding hydrogens is 525 g/mol. The maximum atomic E-state index is 10.4. The van der Waals surface area contributed by atoms with Gasteiger partial charge in [0.1, 0.15) is 18.1 Å². The zero-order chi connectivity index (χ0) is 20.6. The van der Waals surface area contributed by atoms with Crippen LogP contribution in [0.4, 0.5) is 0 Å². The van der Waals surface area contributed by atoms with E-state index in [1.54, 1.807) is 0 Å². The second-order valence-electron chi connectivity index (χ2n) is 5.99. The topological polar surface area (TPSA) is 199 Å². The van der Waals surface area contributed by atoms with E-state index in [0.717, 1.165) is 0 Å². The molecule has 3 heterocycles. The summed E-state index contributed by atoms with van der Waals surface area (Å²) in [6.45, 7) is 0. The zero-order valence-corrected chi connectivity index (χ0v) is 16.7. The Labute approximate surface area is 190 Å². The van der Waals surface area contributed by atoms with Gasteiger partial charge in [0.2, 0.25) is 17.7 Å². The van der Waals surface area contributed by atoms with E-state index in [2.05, 4.69) is 16.0 Å². The molecule has 0 aliphatic carbocycles. The molecule has 3 fully saturated rings. The predicted octanol–water partition coefficient (Wildman–Crippen LogP) is -1.95. The summed E-state index contributed by atoms with van der Waals surface area (Å²) in [5.41, 5.74) is 0. The Kier molecular flexibility index (Phi) is 11.7. The summed E-state index contributed by atoms with van der Waals surface area (Å²) in [6.07, 6.45) is 2.31. The molecule has 3 atom stereocenters. The van der Waals surface area contributed by atoms with E-state index in [9.17, 15) is 28.8 Å². The number of amides is 3. The van der Waals surface area contributed by atoms with Crippen LogP contribution in [-0.4, -0.2) is 69.1 Å². The molecule has 13 heteroatoms. The first kappa shape index (κ1) is 26.1. The van der Waals surface area contributed by atoms with E-state index in [0.29, 0.717) is 38.5 Å². The summed E-state index contributed by atoms with van der Waals surface area (Å²) in [4.78, 5) is 61.5. The van der Waals surface area contributed by atoms with Gasteiger partial charge in [-0.3, -0.25) is 14.4 Å². The molecule has 28 heavy (non-hydrogen) atoms. The van der Waals surface area contributed by atoms with Crippen molar-refractivity contribution in [3.8, 4) is 0 Å². The van der Waals surface area contributed by atoms with Crippen molar-refractivity contribution in [3.63, 3.8) is 0 Å². The number of carboxylic acids is 3. The molecule has 3 saturated heterocycles. The zero-order valence-electron chi connectivity index (χ0n) is 14.6. The van der Waals surface area contributed by atoms with E-state index in [4.69, 9.17) is 15.3 Å². The summed E-state index contributed by atoms with van der Waals surface area (Å²) in [5, 5.41) is 31.9. The number of hydrogen-bond donors (Lipinski definition) is 6. The van der Waals surface area contributed by atoms with Crippen molar-refractivity contribution in [2.45, 2.75) is 56.7 Å². The fraction of sp³-hybridized carbons (Fsp3) is 0.600. The Morgan fingerprint density at radius 2 is 0.821 bits per heavy atom. The van der Waals surface area contributed by atoms with Gasteiger partial charge in [0.05, 0.1) is 0 Å². The molecule has 0 aromatic heterocycles. The summed E-state index contributed by atoms with van der Waals surface area (Å²) in [6, 6.07) is -1.92. The second kappa shape index (κ2) is 12.5. The van der Waals surface area contributed by atoms with Gasteiger partial charge >= 0.3 is 17.9 Å². The number of nitrogens with one attached hydrogen (secondary N) is 3. The van der Waals surface area contributed by atoms with Crippen molar-refractivity contribution >= 4 is 35.6 Å². The predicted molar refractivity (Wildman–Crippen MR) is 86.4 cm³/mol. The Morgan fingerprint density at radius 1 is 0.607 bits per heavy atom. The molecule has 159 valence electrons. The minimum atomic E-state index is -0.944. The van der Waals surface area contributed by atoms with Crippen LogP contribution in [0.1, 0.15) is 38.5 Å². The number of carbonyl (C=O) groups is 6. The molecule has 3 aliphatic heterocycles. The minimum Gasteiger partial charge on any atom is -0.480 e. The minimum absolute atomic E-state index is 0. The molecule has 0 bridgehead atoms. The van der Waals surface area contributed by atoms with Crippen LogP contribution >= 0.6 is 0 Å². The van der Waals surface area contributed by atoms with Gasteiger partial charge in [-0.05, 0) is 19.3 Å². The molecule has 3 amide bonds. The van der Waals surface area contributed by atoms with E-state index in [-0.39, 0.29) is 56.3 Å². The van der Waals surface area contributed by atoms with Crippen LogP contribution in [0, 0.1) is 38.6 Å². The maximum Gasteiger partial charge on any atom is 0.326 e. The van der Waals surface area contributed by atoms with Crippen molar-refractivity contribution in [2.75, 3.05) is 0 Å². The van der Waals surface area contributed by atoms with Crippen LogP contribution in [0.25, 0.3) is 0 Å². The number of hydrogen-bond acceptors (Lipinski definition) is 6. The SMILES string of the molecule is O=C1CC[C@@H](C(=O)O)N1.O=C1CC[C@@H](C(=O)O)N1.O=C1CC[C@@H](C(=O)O)N1.[Tb]. The average molecular weight is 546 g/mol. The van der Waals surface area contributed by atoms with Crippen molar-refractivity contribution in [1.82, 2.24) is 16.0 Å². The van der Waals surface area contributed by atoms with E-state index in [1.807, 2.05) is 0 Å². The molecule has 3 rings (SSSR count). The Hall–Kier alpha value is -1.89. The Balaban J connectivity index is 0.000000384. The van der Waals surface area contributed by atoms with E-state index >= 15 is 0 Å². The first-order chi connectivity index (χ1) is 12.6. The fourth-order valence-electron chi connectivity index (χ4n) is 2.40. The van der Waals surface area contributed by atoms with Gasteiger partial charge in [-0.15, -0.1) is 0 Å². The van der Waals surface area contributed by atoms with E-state index in [1.165, 1.54) is 0 Å². The third kappa shape index (κ3) is 9.35. The van der Waals surface area contributed by atoms with Crippen LogP contribution in [0.5, 0.6) is 0 Å². The van der Waals surface area contributed by atoms with Gasteiger partial charge in [-0.2, -0.15) is 0 Å². The third-order valence-corrected chi connectivity index (χ3v) is 3.88. The molecule has 1 radical (unpaired) electrons. The molecule has 12 nitrogen and oxygen atoms in total. The molecule has 0 aromatic rings. The van der Waals surface area contributed by atoms with Gasteiger partial charge in [-0.25, -0.2) is 14.4 Å². The Morgan fingerprint density at radius 3 is 0.893 bits per heavy atom. The van der Waals surface area contributed by atoms with Crippen LogP contribution in [0.2, 0.25) is 0 Å². The monoisotopic (exact) mass is 546 g/mol. The summed E-state index contributed by atoms with van der Waals surface area (Å²) in [5.74, 6) is -3.32.